The molecule has 9 heteroatoms. The zero-order valence-electron chi connectivity index (χ0n) is 12.7. The van der Waals surface area contributed by atoms with Crippen molar-refractivity contribution in [3.63, 3.8) is 0 Å². The fourth-order valence-corrected chi connectivity index (χ4v) is 1.67. The van der Waals surface area contributed by atoms with Gasteiger partial charge in [-0.25, -0.2) is 4.79 Å². The molecule has 22 heavy (non-hydrogen) atoms. The Labute approximate surface area is 130 Å². The van der Waals surface area contributed by atoms with Gasteiger partial charge >= 0.3 is 5.97 Å². The van der Waals surface area contributed by atoms with Crippen LogP contribution in [0.25, 0.3) is 0 Å². The van der Waals surface area contributed by atoms with Gasteiger partial charge in [0.25, 0.3) is 0 Å². The van der Waals surface area contributed by atoms with Gasteiger partial charge in [-0.2, -0.15) is 0 Å². The average Bonchev–Trinajstić information content (AvgIpc) is 2.48. The lowest BCUT2D eigenvalue weighted by Crippen LogP contribution is -2.42. The van der Waals surface area contributed by atoms with Gasteiger partial charge in [-0.3, -0.25) is 0 Å². The van der Waals surface area contributed by atoms with Crippen LogP contribution in [0.2, 0.25) is 0 Å². The Morgan fingerprint density at radius 1 is 1.23 bits per heavy atom. The number of aliphatic hydroxyl groups excluding tert-OH is 3. The van der Waals surface area contributed by atoms with Crippen LogP contribution in [-0.4, -0.2) is 84.3 Å². The molecule has 7 N–H and O–H groups in total. The second kappa shape index (κ2) is 13.8. The zero-order chi connectivity index (χ0) is 16.8. The lowest BCUT2D eigenvalue weighted by Gasteiger charge is -2.24. The Bertz CT molecular complexity index is 281. The second-order valence-corrected chi connectivity index (χ2v) is 4.84. The topological polar surface area (TPSA) is 154 Å². The molecule has 0 aliphatic rings. The van der Waals surface area contributed by atoms with Gasteiger partial charge in [0, 0.05) is 6.54 Å². The summed E-state index contributed by atoms with van der Waals surface area (Å²) in [5.41, 5.74) is 5.37. The smallest absolute Gasteiger partial charge is 0.329 e. The second-order valence-electron chi connectivity index (χ2n) is 4.84. The molecule has 0 aromatic carbocycles. The van der Waals surface area contributed by atoms with Crippen LogP contribution in [0.3, 0.4) is 0 Å². The summed E-state index contributed by atoms with van der Waals surface area (Å²) in [6, 6.07) is 0. The Balaban J connectivity index is 3.94. The number of rotatable bonds is 15. The molecule has 0 spiro atoms. The molecule has 0 saturated heterocycles. The minimum absolute atomic E-state index is 0.149. The molecule has 0 aromatic rings. The van der Waals surface area contributed by atoms with E-state index in [0.29, 0.717) is 13.1 Å². The van der Waals surface area contributed by atoms with Gasteiger partial charge in [0.1, 0.15) is 18.8 Å². The highest BCUT2D eigenvalue weighted by molar-refractivity contribution is 5.67. The molecule has 132 valence electrons. The maximum Gasteiger partial charge on any atom is 0.329 e. The Kier molecular flexibility index (Phi) is 13.3. The molecule has 3 atom stereocenters. The highest BCUT2D eigenvalue weighted by Crippen LogP contribution is 2.04. The number of aliphatic hydroxyl groups is 3. The number of carboxylic acids is 1. The molecule has 0 amide bonds. The van der Waals surface area contributed by atoms with Gasteiger partial charge in [-0.1, -0.05) is 6.42 Å². The highest BCUT2D eigenvalue weighted by Gasteiger charge is 2.23. The van der Waals surface area contributed by atoms with Crippen LogP contribution in [0.5, 0.6) is 0 Å². The van der Waals surface area contributed by atoms with Gasteiger partial charge in [0.05, 0.1) is 13.2 Å². The van der Waals surface area contributed by atoms with Crippen molar-refractivity contribution in [2.24, 2.45) is 5.73 Å². The number of hydrogen-bond donors (Lipinski definition) is 6. The summed E-state index contributed by atoms with van der Waals surface area (Å²) in [5, 5.41) is 39.6. The summed E-state index contributed by atoms with van der Waals surface area (Å²) >= 11 is 0. The lowest BCUT2D eigenvalue weighted by atomic mass is 10.2. The molecule has 0 rings (SSSR count). The molecule has 0 aliphatic carbocycles. The molecule has 0 bridgehead atoms. The SMILES string of the molecule is NCCCCCNCC(O)OC(COCC(=O)O)C(O)CO. The first-order valence-electron chi connectivity index (χ1n) is 7.34. The predicted molar refractivity (Wildman–Crippen MR) is 78.2 cm³/mol. The number of carboxylic acid groups (broad SMARTS) is 1. The minimum Gasteiger partial charge on any atom is -0.480 e. The number of nitrogens with two attached hydrogens (primary N) is 1. The summed E-state index contributed by atoms with van der Waals surface area (Å²) in [7, 11) is 0. The molecule has 9 nitrogen and oxygen atoms in total. The number of hydrogen-bond acceptors (Lipinski definition) is 8. The third-order valence-electron chi connectivity index (χ3n) is 2.83. The van der Waals surface area contributed by atoms with Crippen molar-refractivity contribution in [3.8, 4) is 0 Å². The third-order valence-corrected chi connectivity index (χ3v) is 2.83. The molecule has 0 aromatic heterocycles. The van der Waals surface area contributed by atoms with E-state index < -0.39 is 37.7 Å². The lowest BCUT2D eigenvalue weighted by molar-refractivity contribution is -0.185. The maximum atomic E-state index is 10.3. The molecular formula is C13H28N2O7. The van der Waals surface area contributed by atoms with E-state index in [9.17, 15) is 15.0 Å². The van der Waals surface area contributed by atoms with Crippen molar-refractivity contribution in [2.75, 3.05) is 39.5 Å². The molecule has 0 saturated carbocycles. The first kappa shape index (κ1) is 21.2. The van der Waals surface area contributed by atoms with Crippen LogP contribution in [0, 0.1) is 0 Å². The van der Waals surface area contributed by atoms with Crippen molar-refractivity contribution in [3.05, 3.63) is 0 Å². The van der Waals surface area contributed by atoms with Gasteiger partial charge < -0.3 is 41.0 Å². The highest BCUT2D eigenvalue weighted by atomic mass is 16.6. The van der Waals surface area contributed by atoms with Crippen molar-refractivity contribution in [1.29, 1.82) is 0 Å². The number of ether oxygens (including phenoxy) is 2. The Hall–Kier alpha value is -0.810. The van der Waals surface area contributed by atoms with Crippen LogP contribution < -0.4 is 11.1 Å². The van der Waals surface area contributed by atoms with E-state index in [1.165, 1.54) is 0 Å². The fourth-order valence-electron chi connectivity index (χ4n) is 1.67. The molecule has 0 aliphatic heterocycles. The van der Waals surface area contributed by atoms with E-state index in [2.05, 4.69) is 5.32 Å². The Morgan fingerprint density at radius 2 is 1.95 bits per heavy atom. The summed E-state index contributed by atoms with van der Waals surface area (Å²) in [4.78, 5) is 10.3. The van der Waals surface area contributed by atoms with Crippen LogP contribution in [0.1, 0.15) is 19.3 Å². The number of nitrogens with one attached hydrogen (secondary N) is 1. The standard InChI is InChI=1S/C13H28N2O7/c14-4-2-1-3-5-15-6-13(20)22-11(10(17)7-16)8-21-9-12(18)19/h10-11,13,15-17,20H,1-9,14H2,(H,18,19). The van der Waals surface area contributed by atoms with Gasteiger partial charge in [0.15, 0.2) is 6.29 Å². The van der Waals surface area contributed by atoms with E-state index in [1.54, 1.807) is 0 Å². The van der Waals surface area contributed by atoms with E-state index in [4.69, 9.17) is 25.4 Å². The number of aliphatic carboxylic acids is 1. The van der Waals surface area contributed by atoms with Crippen LogP contribution in [0.4, 0.5) is 0 Å². The maximum absolute atomic E-state index is 10.3. The van der Waals surface area contributed by atoms with E-state index >= 15 is 0 Å². The normalized spacial score (nSPS) is 15.5. The van der Waals surface area contributed by atoms with E-state index in [0.717, 1.165) is 19.3 Å². The molecule has 0 fully saturated rings. The first-order valence-corrected chi connectivity index (χ1v) is 7.34. The fraction of sp³-hybridized carbons (Fsp3) is 0.923. The van der Waals surface area contributed by atoms with Crippen LogP contribution >= 0.6 is 0 Å². The van der Waals surface area contributed by atoms with Crippen LogP contribution in [0.15, 0.2) is 0 Å². The van der Waals surface area contributed by atoms with E-state index in [-0.39, 0.29) is 13.2 Å². The van der Waals surface area contributed by atoms with Crippen molar-refractivity contribution >= 4 is 5.97 Å². The van der Waals surface area contributed by atoms with E-state index in [1.807, 2.05) is 0 Å². The van der Waals surface area contributed by atoms with Crippen LogP contribution in [-0.2, 0) is 14.3 Å². The van der Waals surface area contributed by atoms with Crippen molar-refractivity contribution < 1.29 is 34.7 Å². The zero-order valence-corrected chi connectivity index (χ0v) is 12.7. The largest absolute Gasteiger partial charge is 0.480 e. The average molecular weight is 324 g/mol. The quantitative estimate of drug-likeness (QED) is 0.146. The van der Waals surface area contributed by atoms with Gasteiger partial charge in [0.2, 0.25) is 0 Å². The van der Waals surface area contributed by atoms with Crippen molar-refractivity contribution in [1.82, 2.24) is 5.32 Å². The van der Waals surface area contributed by atoms with Gasteiger partial charge in [-0.15, -0.1) is 0 Å². The molecule has 3 unspecified atom stereocenters. The molecular weight excluding hydrogens is 296 g/mol. The van der Waals surface area contributed by atoms with Gasteiger partial charge in [-0.05, 0) is 25.9 Å². The summed E-state index contributed by atoms with van der Waals surface area (Å²) in [6.45, 7) is 0.123. The minimum atomic E-state index is -1.27. The predicted octanol–water partition coefficient (Wildman–Crippen LogP) is -2.14. The number of unbranched alkanes of at least 4 members (excludes halogenated alkanes) is 2. The number of carbonyl (C=O) groups is 1. The monoisotopic (exact) mass is 324 g/mol. The summed E-state index contributed by atoms with van der Waals surface area (Å²) < 4.78 is 9.97. The Morgan fingerprint density at radius 3 is 2.55 bits per heavy atom. The third kappa shape index (κ3) is 11.8. The van der Waals surface area contributed by atoms with Crippen molar-refractivity contribution in [2.45, 2.75) is 37.8 Å². The summed E-state index contributed by atoms with van der Waals surface area (Å²) in [5.74, 6) is -1.16. The molecule has 0 heterocycles. The first-order chi connectivity index (χ1) is 10.5. The summed E-state index contributed by atoms with van der Waals surface area (Å²) in [6.07, 6.45) is -0.615. The molecule has 0 radical (unpaired) electrons.